The van der Waals surface area contributed by atoms with E-state index in [1.54, 1.807) is 6.20 Å². The second-order valence-electron chi connectivity index (χ2n) is 6.52. The van der Waals surface area contributed by atoms with Crippen LogP contribution in [0.15, 0.2) is 24.4 Å². The van der Waals surface area contributed by atoms with Gasteiger partial charge in [0.1, 0.15) is 0 Å². The Kier molecular flexibility index (Phi) is 4.62. The number of pyridine rings is 1. The fourth-order valence-corrected chi connectivity index (χ4v) is 3.65. The van der Waals surface area contributed by atoms with E-state index in [0.29, 0.717) is 0 Å². The minimum absolute atomic E-state index is 0.0306. The monoisotopic (exact) mass is 303 g/mol. The highest BCUT2D eigenvalue weighted by Crippen LogP contribution is 2.39. The summed E-state index contributed by atoms with van der Waals surface area (Å²) in [5.41, 5.74) is 0.903. The van der Waals surface area contributed by atoms with E-state index in [1.807, 2.05) is 25.1 Å². The number of hydrogen-bond donors (Lipinski definition) is 2. The summed E-state index contributed by atoms with van der Waals surface area (Å²) in [6.07, 6.45) is 8.35. The van der Waals surface area contributed by atoms with Crippen LogP contribution in [0.4, 0.5) is 4.79 Å². The molecule has 2 atom stereocenters. The van der Waals surface area contributed by atoms with Gasteiger partial charge in [-0.2, -0.15) is 0 Å². The maximum atomic E-state index is 12.2. The van der Waals surface area contributed by atoms with Crippen LogP contribution in [0, 0.1) is 0 Å². The molecule has 2 amide bonds. The van der Waals surface area contributed by atoms with Crippen molar-refractivity contribution < 1.29 is 9.53 Å². The van der Waals surface area contributed by atoms with Crippen molar-refractivity contribution in [3.05, 3.63) is 30.1 Å². The normalized spacial score (nSPS) is 24.9. The SMILES string of the molecule is CC(NC(=O)NC1CCOC2(CCCC2)C1)c1ccccn1. The van der Waals surface area contributed by atoms with E-state index in [9.17, 15) is 4.79 Å². The van der Waals surface area contributed by atoms with Crippen molar-refractivity contribution in [3.63, 3.8) is 0 Å². The number of nitrogens with zero attached hydrogens (tertiary/aromatic N) is 1. The van der Waals surface area contributed by atoms with Crippen LogP contribution >= 0.6 is 0 Å². The Morgan fingerprint density at radius 2 is 2.23 bits per heavy atom. The first-order chi connectivity index (χ1) is 10.7. The lowest BCUT2D eigenvalue weighted by Crippen LogP contribution is -2.50. The van der Waals surface area contributed by atoms with Gasteiger partial charge in [0, 0.05) is 18.8 Å². The van der Waals surface area contributed by atoms with E-state index in [1.165, 1.54) is 12.8 Å². The Labute approximate surface area is 131 Å². The van der Waals surface area contributed by atoms with Crippen molar-refractivity contribution in [2.75, 3.05) is 6.61 Å². The van der Waals surface area contributed by atoms with Gasteiger partial charge in [0.05, 0.1) is 17.3 Å². The lowest BCUT2D eigenvalue weighted by molar-refractivity contribution is -0.0820. The molecule has 2 aliphatic rings. The van der Waals surface area contributed by atoms with Crippen LogP contribution in [0.3, 0.4) is 0 Å². The number of amides is 2. The standard InChI is InChI=1S/C17H25N3O2/c1-13(15-6-2-5-10-18-15)19-16(21)20-14-7-11-22-17(12-14)8-3-4-9-17/h2,5-6,10,13-14H,3-4,7-9,11-12H2,1H3,(H2,19,20,21). The smallest absolute Gasteiger partial charge is 0.315 e. The number of aromatic nitrogens is 1. The van der Waals surface area contributed by atoms with E-state index >= 15 is 0 Å². The highest BCUT2D eigenvalue weighted by atomic mass is 16.5. The minimum atomic E-state index is -0.113. The van der Waals surface area contributed by atoms with Crippen molar-refractivity contribution in [3.8, 4) is 0 Å². The number of urea groups is 1. The van der Waals surface area contributed by atoms with E-state index in [-0.39, 0.29) is 23.7 Å². The van der Waals surface area contributed by atoms with Gasteiger partial charge in [-0.05, 0) is 44.7 Å². The molecule has 1 aromatic rings. The fraction of sp³-hybridized carbons (Fsp3) is 0.647. The summed E-state index contributed by atoms with van der Waals surface area (Å²) in [6, 6.07) is 5.73. The number of rotatable bonds is 3. The summed E-state index contributed by atoms with van der Waals surface area (Å²) < 4.78 is 6.01. The zero-order chi connectivity index (χ0) is 15.4. The molecule has 1 saturated heterocycles. The molecule has 5 nitrogen and oxygen atoms in total. The predicted molar refractivity (Wildman–Crippen MR) is 84.5 cm³/mol. The summed E-state index contributed by atoms with van der Waals surface area (Å²) in [6.45, 7) is 2.70. The molecule has 1 spiro atoms. The van der Waals surface area contributed by atoms with Gasteiger partial charge in [0.15, 0.2) is 0 Å². The zero-order valence-corrected chi connectivity index (χ0v) is 13.2. The van der Waals surface area contributed by atoms with E-state index in [4.69, 9.17) is 4.74 Å². The summed E-state index contributed by atoms with van der Waals surface area (Å²) in [4.78, 5) is 16.5. The molecule has 2 fully saturated rings. The Bertz CT molecular complexity index is 500. The van der Waals surface area contributed by atoms with Gasteiger partial charge in [0.2, 0.25) is 0 Å². The summed E-state index contributed by atoms with van der Waals surface area (Å²) in [5.74, 6) is 0. The summed E-state index contributed by atoms with van der Waals surface area (Å²) in [5, 5.41) is 6.08. The molecule has 120 valence electrons. The van der Waals surface area contributed by atoms with Crippen LogP contribution in [0.1, 0.15) is 57.2 Å². The average Bonchev–Trinajstić information content (AvgIpc) is 2.95. The second kappa shape index (κ2) is 6.65. The van der Waals surface area contributed by atoms with E-state index in [2.05, 4.69) is 15.6 Å². The van der Waals surface area contributed by atoms with Crippen molar-refractivity contribution in [2.24, 2.45) is 0 Å². The lowest BCUT2D eigenvalue weighted by Gasteiger charge is -2.38. The number of nitrogens with one attached hydrogen (secondary N) is 2. The molecular weight excluding hydrogens is 278 g/mol. The van der Waals surface area contributed by atoms with Gasteiger partial charge in [-0.1, -0.05) is 18.9 Å². The first-order valence-corrected chi connectivity index (χ1v) is 8.29. The van der Waals surface area contributed by atoms with Gasteiger partial charge >= 0.3 is 6.03 Å². The largest absolute Gasteiger partial charge is 0.375 e. The Morgan fingerprint density at radius 1 is 1.41 bits per heavy atom. The van der Waals surface area contributed by atoms with Gasteiger partial charge in [-0.3, -0.25) is 4.98 Å². The summed E-state index contributed by atoms with van der Waals surface area (Å²) >= 11 is 0. The van der Waals surface area contributed by atoms with Crippen molar-refractivity contribution >= 4 is 6.03 Å². The molecule has 2 heterocycles. The maximum Gasteiger partial charge on any atom is 0.315 e. The van der Waals surface area contributed by atoms with E-state index in [0.717, 1.165) is 38.0 Å². The highest BCUT2D eigenvalue weighted by Gasteiger charge is 2.40. The molecule has 1 aliphatic carbocycles. The topological polar surface area (TPSA) is 63.2 Å². The average molecular weight is 303 g/mol. The first-order valence-electron chi connectivity index (χ1n) is 8.29. The maximum absolute atomic E-state index is 12.2. The number of carbonyl (C=O) groups is 1. The molecule has 1 aliphatic heterocycles. The van der Waals surface area contributed by atoms with Crippen molar-refractivity contribution in [1.82, 2.24) is 15.6 Å². The second-order valence-corrected chi connectivity index (χ2v) is 6.52. The molecule has 0 aromatic carbocycles. The Morgan fingerprint density at radius 3 is 2.95 bits per heavy atom. The molecule has 1 saturated carbocycles. The molecule has 0 bridgehead atoms. The number of hydrogen-bond acceptors (Lipinski definition) is 3. The molecular formula is C17H25N3O2. The molecule has 5 heteroatoms. The molecule has 2 unspecified atom stereocenters. The number of ether oxygens (including phenoxy) is 1. The van der Waals surface area contributed by atoms with Crippen LogP contribution < -0.4 is 10.6 Å². The molecule has 1 aromatic heterocycles. The molecule has 2 N–H and O–H groups in total. The van der Waals surface area contributed by atoms with E-state index < -0.39 is 0 Å². The van der Waals surface area contributed by atoms with Gasteiger partial charge in [0.25, 0.3) is 0 Å². The highest BCUT2D eigenvalue weighted by molar-refractivity contribution is 5.74. The fourth-order valence-electron chi connectivity index (χ4n) is 3.65. The third-order valence-corrected chi connectivity index (χ3v) is 4.82. The number of carbonyl (C=O) groups excluding carboxylic acids is 1. The van der Waals surface area contributed by atoms with Crippen molar-refractivity contribution in [1.29, 1.82) is 0 Å². The van der Waals surface area contributed by atoms with Gasteiger partial charge < -0.3 is 15.4 Å². The molecule has 3 rings (SSSR count). The van der Waals surface area contributed by atoms with Crippen LogP contribution in [-0.4, -0.2) is 29.3 Å². The quantitative estimate of drug-likeness (QED) is 0.902. The Hall–Kier alpha value is -1.62. The van der Waals surface area contributed by atoms with Gasteiger partial charge in [-0.15, -0.1) is 0 Å². The first kappa shape index (κ1) is 15.3. The Balaban J connectivity index is 1.51. The third-order valence-electron chi connectivity index (χ3n) is 4.82. The molecule has 0 radical (unpaired) electrons. The predicted octanol–water partition coefficient (Wildman–Crippen LogP) is 2.93. The zero-order valence-electron chi connectivity index (χ0n) is 13.2. The van der Waals surface area contributed by atoms with Crippen LogP contribution in [0.5, 0.6) is 0 Å². The minimum Gasteiger partial charge on any atom is -0.375 e. The van der Waals surface area contributed by atoms with Crippen molar-refractivity contribution in [2.45, 2.75) is 63.1 Å². The third kappa shape index (κ3) is 3.58. The van der Waals surface area contributed by atoms with Crippen LogP contribution in [0.25, 0.3) is 0 Å². The van der Waals surface area contributed by atoms with Crippen LogP contribution in [-0.2, 0) is 4.74 Å². The summed E-state index contributed by atoms with van der Waals surface area (Å²) in [7, 11) is 0. The lowest BCUT2D eigenvalue weighted by atomic mass is 9.89. The van der Waals surface area contributed by atoms with Crippen LogP contribution in [0.2, 0.25) is 0 Å². The van der Waals surface area contributed by atoms with Gasteiger partial charge in [-0.25, -0.2) is 4.79 Å². The molecule has 22 heavy (non-hydrogen) atoms.